The molecule has 1 aliphatic heterocycles. The van der Waals surface area contributed by atoms with Crippen LogP contribution in [0.5, 0.6) is 0 Å². The van der Waals surface area contributed by atoms with E-state index in [4.69, 9.17) is 14.2 Å². The zero-order valence-electron chi connectivity index (χ0n) is 12.3. The molecule has 0 aromatic heterocycles. The van der Waals surface area contributed by atoms with Gasteiger partial charge in [-0.05, 0) is 43.9 Å². The molecule has 0 spiro atoms. The summed E-state index contributed by atoms with van der Waals surface area (Å²) >= 11 is 0. The van der Waals surface area contributed by atoms with Crippen LogP contribution in [-0.4, -0.2) is 52.7 Å². The van der Waals surface area contributed by atoms with Crippen molar-refractivity contribution in [2.45, 2.75) is 44.6 Å². The Morgan fingerprint density at radius 1 is 1.16 bits per heavy atom. The Hall–Kier alpha value is -0.160. The second-order valence-electron chi connectivity index (χ2n) is 5.98. The maximum Gasteiger partial charge on any atom is 0.0700 e. The van der Waals surface area contributed by atoms with Crippen LogP contribution in [0.15, 0.2) is 0 Å². The molecule has 1 aliphatic carbocycles. The first kappa shape index (κ1) is 15.2. The zero-order chi connectivity index (χ0) is 13.4. The number of nitrogens with one attached hydrogen (secondary N) is 1. The van der Waals surface area contributed by atoms with E-state index in [2.05, 4.69) is 5.32 Å². The first-order valence-electron chi connectivity index (χ1n) is 7.72. The predicted octanol–water partition coefficient (Wildman–Crippen LogP) is 1.98. The maximum absolute atomic E-state index is 5.57. The molecular formula is C15H29NO3. The van der Waals surface area contributed by atoms with E-state index in [9.17, 15) is 0 Å². The minimum absolute atomic E-state index is 0.450. The lowest BCUT2D eigenvalue weighted by Crippen LogP contribution is -2.40. The lowest BCUT2D eigenvalue weighted by atomic mass is 9.76. The molecule has 1 saturated heterocycles. The van der Waals surface area contributed by atoms with Crippen LogP contribution in [0.2, 0.25) is 0 Å². The second kappa shape index (κ2) is 8.20. The maximum atomic E-state index is 5.57. The highest BCUT2D eigenvalue weighted by molar-refractivity contribution is 4.89. The van der Waals surface area contributed by atoms with E-state index in [-0.39, 0.29) is 0 Å². The summed E-state index contributed by atoms with van der Waals surface area (Å²) in [4.78, 5) is 0. The Morgan fingerprint density at radius 3 is 2.63 bits per heavy atom. The van der Waals surface area contributed by atoms with Gasteiger partial charge < -0.3 is 19.5 Å². The average Bonchev–Trinajstić information content (AvgIpc) is 3.26. The molecule has 2 fully saturated rings. The summed E-state index contributed by atoms with van der Waals surface area (Å²) in [7, 11) is 1.71. The number of hydrogen-bond donors (Lipinski definition) is 1. The summed E-state index contributed by atoms with van der Waals surface area (Å²) in [6.07, 6.45) is 7.54. The van der Waals surface area contributed by atoms with Crippen LogP contribution in [0.3, 0.4) is 0 Å². The van der Waals surface area contributed by atoms with E-state index in [0.717, 1.165) is 32.3 Å². The highest BCUT2D eigenvalue weighted by Gasteiger charge is 2.33. The third-order valence-corrected chi connectivity index (χ3v) is 4.32. The summed E-state index contributed by atoms with van der Waals surface area (Å²) in [6.45, 7) is 5.29. The Kier molecular flexibility index (Phi) is 6.57. The fourth-order valence-corrected chi connectivity index (χ4v) is 2.76. The van der Waals surface area contributed by atoms with Gasteiger partial charge in [-0.2, -0.15) is 0 Å². The molecule has 1 heterocycles. The van der Waals surface area contributed by atoms with Crippen LogP contribution in [0, 0.1) is 5.41 Å². The van der Waals surface area contributed by atoms with Crippen molar-refractivity contribution in [2.24, 2.45) is 5.41 Å². The molecule has 4 nitrogen and oxygen atoms in total. The first-order chi connectivity index (χ1) is 9.35. The van der Waals surface area contributed by atoms with Crippen LogP contribution in [-0.2, 0) is 14.2 Å². The summed E-state index contributed by atoms with van der Waals surface area (Å²) < 4.78 is 16.1. The smallest absolute Gasteiger partial charge is 0.0700 e. The highest BCUT2D eigenvalue weighted by Crippen LogP contribution is 2.35. The van der Waals surface area contributed by atoms with Gasteiger partial charge in [-0.15, -0.1) is 0 Å². The molecular weight excluding hydrogens is 242 g/mol. The van der Waals surface area contributed by atoms with Gasteiger partial charge in [0.2, 0.25) is 0 Å². The monoisotopic (exact) mass is 271 g/mol. The third kappa shape index (κ3) is 5.78. The van der Waals surface area contributed by atoms with Gasteiger partial charge in [-0.1, -0.05) is 0 Å². The molecule has 19 heavy (non-hydrogen) atoms. The van der Waals surface area contributed by atoms with Crippen molar-refractivity contribution in [1.82, 2.24) is 5.32 Å². The Labute approximate surface area is 117 Å². The molecule has 0 radical (unpaired) electrons. The largest absolute Gasteiger partial charge is 0.382 e. The summed E-state index contributed by atoms with van der Waals surface area (Å²) in [6, 6.07) is 0.803. The van der Waals surface area contributed by atoms with E-state index in [1.165, 1.54) is 38.6 Å². The van der Waals surface area contributed by atoms with Crippen LogP contribution in [0.1, 0.15) is 38.5 Å². The molecule has 0 aromatic rings. The van der Waals surface area contributed by atoms with Crippen molar-refractivity contribution in [3.05, 3.63) is 0 Å². The molecule has 0 amide bonds. The zero-order valence-corrected chi connectivity index (χ0v) is 12.3. The highest BCUT2D eigenvalue weighted by atomic mass is 16.5. The van der Waals surface area contributed by atoms with Gasteiger partial charge in [0.15, 0.2) is 0 Å². The van der Waals surface area contributed by atoms with Gasteiger partial charge in [-0.25, -0.2) is 0 Å². The van der Waals surface area contributed by atoms with Gasteiger partial charge >= 0.3 is 0 Å². The molecule has 1 N–H and O–H groups in total. The van der Waals surface area contributed by atoms with E-state index in [1.807, 2.05) is 0 Å². The number of methoxy groups -OCH3 is 1. The van der Waals surface area contributed by atoms with Crippen LogP contribution < -0.4 is 5.32 Å². The van der Waals surface area contributed by atoms with Gasteiger partial charge in [0, 0.05) is 39.5 Å². The molecule has 0 unspecified atom stereocenters. The average molecular weight is 271 g/mol. The summed E-state index contributed by atoms with van der Waals surface area (Å²) in [5, 5.41) is 3.71. The van der Waals surface area contributed by atoms with E-state index < -0.39 is 0 Å². The minimum atomic E-state index is 0.450. The van der Waals surface area contributed by atoms with E-state index in [0.29, 0.717) is 18.6 Å². The van der Waals surface area contributed by atoms with E-state index >= 15 is 0 Å². The van der Waals surface area contributed by atoms with Gasteiger partial charge in [-0.3, -0.25) is 0 Å². The van der Waals surface area contributed by atoms with Crippen LogP contribution in [0.25, 0.3) is 0 Å². The quantitative estimate of drug-likeness (QED) is 0.617. The number of hydrogen-bond acceptors (Lipinski definition) is 4. The van der Waals surface area contributed by atoms with Crippen LogP contribution >= 0.6 is 0 Å². The molecule has 0 atom stereocenters. The minimum Gasteiger partial charge on any atom is -0.382 e. The Balaban J connectivity index is 1.64. The molecule has 112 valence electrons. The molecule has 1 saturated carbocycles. The molecule has 0 aromatic carbocycles. The summed E-state index contributed by atoms with van der Waals surface area (Å²) in [5.74, 6) is 0. The van der Waals surface area contributed by atoms with Crippen molar-refractivity contribution in [1.29, 1.82) is 0 Å². The van der Waals surface area contributed by atoms with Gasteiger partial charge in [0.05, 0.1) is 13.2 Å². The Morgan fingerprint density at radius 2 is 1.95 bits per heavy atom. The van der Waals surface area contributed by atoms with Crippen molar-refractivity contribution < 1.29 is 14.2 Å². The number of ether oxygens (including phenoxy) is 3. The van der Waals surface area contributed by atoms with Crippen molar-refractivity contribution in [3.63, 3.8) is 0 Å². The topological polar surface area (TPSA) is 39.7 Å². The van der Waals surface area contributed by atoms with Gasteiger partial charge in [0.1, 0.15) is 0 Å². The van der Waals surface area contributed by atoms with Gasteiger partial charge in [0.25, 0.3) is 0 Å². The molecule has 4 heteroatoms. The number of rotatable bonds is 10. The SMILES string of the molecule is COCCOCCCC1(CNC2CC2)CCOCC1. The third-order valence-electron chi connectivity index (χ3n) is 4.32. The molecule has 2 aliphatic rings. The molecule has 2 rings (SSSR count). The Bertz CT molecular complexity index is 238. The van der Waals surface area contributed by atoms with Crippen molar-refractivity contribution in [2.75, 3.05) is 46.7 Å². The van der Waals surface area contributed by atoms with Crippen molar-refractivity contribution >= 4 is 0 Å². The van der Waals surface area contributed by atoms with E-state index in [1.54, 1.807) is 7.11 Å². The molecule has 0 bridgehead atoms. The fourth-order valence-electron chi connectivity index (χ4n) is 2.76. The normalized spacial score (nSPS) is 22.6. The summed E-state index contributed by atoms with van der Waals surface area (Å²) in [5.41, 5.74) is 0.450. The first-order valence-corrected chi connectivity index (χ1v) is 7.72. The lowest BCUT2D eigenvalue weighted by Gasteiger charge is -2.37. The fraction of sp³-hybridized carbons (Fsp3) is 1.00. The van der Waals surface area contributed by atoms with Crippen LogP contribution in [0.4, 0.5) is 0 Å². The predicted molar refractivity (Wildman–Crippen MR) is 75.4 cm³/mol. The second-order valence-corrected chi connectivity index (χ2v) is 5.98. The lowest BCUT2D eigenvalue weighted by molar-refractivity contribution is 0.00257. The van der Waals surface area contributed by atoms with Crippen molar-refractivity contribution in [3.8, 4) is 0 Å². The standard InChI is InChI=1S/C15H29NO3/c1-17-11-12-18-8-2-5-15(6-9-19-10-7-15)13-16-14-3-4-14/h14,16H,2-13H2,1H3.